The number of carbonyl (C=O) groups is 3. The molecule has 1 heterocycles. The van der Waals surface area contributed by atoms with E-state index in [1.165, 1.54) is 16.7 Å². The lowest BCUT2D eigenvalue weighted by Gasteiger charge is -2.14. The normalized spacial score (nSPS) is 22.0. The third-order valence-electron chi connectivity index (χ3n) is 2.66. The summed E-state index contributed by atoms with van der Waals surface area (Å²) in [5.74, 6) is 0.313. The summed E-state index contributed by atoms with van der Waals surface area (Å²) in [5.41, 5.74) is 0. The second-order valence-corrected chi connectivity index (χ2v) is 5.18. The van der Waals surface area contributed by atoms with Gasteiger partial charge in [-0.25, -0.2) is 0 Å². The minimum Gasteiger partial charge on any atom is -0.310 e. The molecule has 0 radical (unpaired) electrons. The van der Waals surface area contributed by atoms with E-state index in [4.69, 9.17) is 0 Å². The highest BCUT2D eigenvalue weighted by Crippen LogP contribution is 2.25. The van der Waals surface area contributed by atoms with Crippen LogP contribution >= 0.6 is 11.8 Å². The van der Waals surface area contributed by atoms with Crippen LogP contribution in [0.1, 0.15) is 19.8 Å². The highest BCUT2D eigenvalue weighted by Gasteiger charge is 2.38. The van der Waals surface area contributed by atoms with Crippen LogP contribution in [0.5, 0.6) is 0 Å². The number of likely N-dealkylation sites (tertiary alicyclic amines) is 1. The molecule has 1 aliphatic heterocycles. The van der Waals surface area contributed by atoms with Crippen LogP contribution in [0.15, 0.2) is 0 Å². The van der Waals surface area contributed by atoms with Crippen molar-refractivity contribution in [2.24, 2.45) is 0 Å². The zero-order chi connectivity index (χ0) is 12.8. The van der Waals surface area contributed by atoms with E-state index < -0.39 is 0 Å². The summed E-state index contributed by atoms with van der Waals surface area (Å²) in [6.07, 6.45) is 1.86. The van der Waals surface area contributed by atoms with Gasteiger partial charge >= 0.3 is 0 Å². The third kappa shape index (κ3) is 3.54. The smallest absolute Gasteiger partial charge is 0.242 e. The van der Waals surface area contributed by atoms with Crippen molar-refractivity contribution in [3.05, 3.63) is 0 Å². The van der Waals surface area contributed by atoms with Crippen LogP contribution in [0.4, 0.5) is 0 Å². The first-order valence-corrected chi connectivity index (χ1v) is 6.77. The molecule has 0 saturated carbocycles. The first-order chi connectivity index (χ1) is 8.13. The molecule has 96 valence electrons. The number of nitrogens with one attached hydrogen (secondary N) is 1. The van der Waals surface area contributed by atoms with E-state index in [0.29, 0.717) is 12.3 Å². The van der Waals surface area contributed by atoms with Crippen LogP contribution in [0, 0.1) is 0 Å². The number of carbonyl (C=O) groups excluding carboxylic acids is 3. The van der Waals surface area contributed by atoms with Crippen molar-refractivity contribution in [2.75, 3.05) is 19.3 Å². The Morgan fingerprint density at radius 3 is 2.82 bits per heavy atom. The second-order valence-electron chi connectivity index (χ2n) is 3.94. The lowest BCUT2D eigenvalue weighted by atomic mass is 10.3. The fourth-order valence-corrected chi connectivity index (χ4v) is 2.87. The monoisotopic (exact) mass is 258 g/mol. The first kappa shape index (κ1) is 14.2. The average molecular weight is 258 g/mol. The summed E-state index contributed by atoms with van der Waals surface area (Å²) in [4.78, 5) is 35.4. The first-order valence-electron chi connectivity index (χ1n) is 5.72. The molecule has 0 aliphatic carbocycles. The Morgan fingerprint density at radius 2 is 2.29 bits per heavy atom. The van der Waals surface area contributed by atoms with Gasteiger partial charge in [-0.15, -0.1) is 11.8 Å². The Balaban J connectivity index is 2.48. The molecule has 1 aliphatic rings. The summed E-state index contributed by atoms with van der Waals surface area (Å²) < 4.78 is 0. The van der Waals surface area contributed by atoms with Gasteiger partial charge in [0.05, 0.1) is 11.3 Å². The molecular formula is C11H18N2O3S. The molecule has 2 unspecified atom stereocenters. The summed E-state index contributed by atoms with van der Waals surface area (Å²) in [6, 6.07) is -0.261. The van der Waals surface area contributed by atoms with E-state index in [2.05, 4.69) is 5.32 Å². The number of aldehydes is 1. The molecule has 0 aromatic carbocycles. The maximum atomic E-state index is 11.9. The molecule has 1 saturated heterocycles. The molecule has 0 aromatic heterocycles. The van der Waals surface area contributed by atoms with E-state index in [9.17, 15) is 14.4 Å². The van der Waals surface area contributed by atoms with Crippen molar-refractivity contribution in [3.63, 3.8) is 0 Å². The number of hydrogen-bond donors (Lipinski definition) is 1. The predicted octanol–water partition coefficient (Wildman–Crippen LogP) is 0.0440. The lowest BCUT2D eigenvalue weighted by molar-refractivity contribution is -0.138. The minimum absolute atomic E-state index is 0.0959. The van der Waals surface area contributed by atoms with Crippen LogP contribution in [-0.2, 0) is 14.4 Å². The number of hydrogen-bond acceptors (Lipinski definition) is 5. The number of amides is 2. The van der Waals surface area contributed by atoms with E-state index in [1.54, 1.807) is 7.05 Å². The van der Waals surface area contributed by atoms with Crippen LogP contribution in [-0.4, -0.2) is 53.6 Å². The zero-order valence-electron chi connectivity index (χ0n) is 10.1. The quantitative estimate of drug-likeness (QED) is 0.516. The van der Waals surface area contributed by atoms with E-state index in [1.807, 2.05) is 6.92 Å². The molecule has 0 bridgehead atoms. The molecule has 5 nitrogen and oxygen atoms in total. The van der Waals surface area contributed by atoms with Gasteiger partial charge in [0, 0.05) is 18.7 Å². The lowest BCUT2D eigenvalue weighted by Crippen LogP contribution is -2.33. The van der Waals surface area contributed by atoms with E-state index >= 15 is 0 Å². The van der Waals surface area contributed by atoms with Gasteiger partial charge in [0.2, 0.25) is 11.8 Å². The summed E-state index contributed by atoms with van der Waals surface area (Å²) in [6.45, 7) is 2.43. The summed E-state index contributed by atoms with van der Waals surface area (Å²) in [7, 11) is 1.70. The zero-order valence-corrected chi connectivity index (χ0v) is 11.0. The summed E-state index contributed by atoms with van der Waals surface area (Å²) >= 11 is 1.38. The standard InChI is InChI=1S/C11H18N2O3S/c1-3-4-13-10(15)5-9(11(13)16)17-7-8(6-14)12-2/h6,8-9,12H,3-5,7H2,1-2H3. The van der Waals surface area contributed by atoms with Gasteiger partial charge in [-0.2, -0.15) is 0 Å². The van der Waals surface area contributed by atoms with Crippen LogP contribution in [0.2, 0.25) is 0 Å². The predicted molar refractivity (Wildman–Crippen MR) is 66.8 cm³/mol. The largest absolute Gasteiger partial charge is 0.310 e. The Kier molecular flexibility index (Phi) is 5.64. The molecule has 2 atom stereocenters. The topological polar surface area (TPSA) is 66.5 Å². The minimum atomic E-state index is -0.315. The molecule has 17 heavy (non-hydrogen) atoms. The number of likely N-dealkylation sites (N-methyl/N-ethyl adjacent to an activating group) is 1. The Morgan fingerprint density at radius 1 is 1.59 bits per heavy atom. The molecule has 1 N–H and O–H groups in total. The second kappa shape index (κ2) is 6.76. The molecule has 1 fully saturated rings. The van der Waals surface area contributed by atoms with Crippen molar-refractivity contribution in [1.82, 2.24) is 10.2 Å². The number of rotatable bonds is 7. The van der Waals surface area contributed by atoms with Gasteiger partial charge in [-0.05, 0) is 13.5 Å². The maximum absolute atomic E-state index is 11.9. The highest BCUT2D eigenvalue weighted by molar-refractivity contribution is 8.00. The van der Waals surface area contributed by atoms with Gasteiger partial charge in [0.1, 0.15) is 6.29 Å². The number of imide groups is 1. The number of thioether (sulfide) groups is 1. The van der Waals surface area contributed by atoms with Crippen LogP contribution < -0.4 is 5.32 Å². The fourth-order valence-electron chi connectivity index (χ4n) is 1.65. The Hall–Kier alpha value is -0.880. The number of nitrogens with zero attached hydrogens (tertiary/aromatic N) is 1. The molecule has 2 amide bonds. The van der Waals surface area contributed by atoms with E-state index in [0.717, 1.165) is 12.7 Å². The Labute approximate surface area is 105 Å². The van der Waals surface area contributed by atoms with Crippen LogP contribution in [0.25, 0.3) is 0 Å². The molecule has 0 aromatic rings. The third-order valence-corrected chi connectivity index (χ3v) is 3.98. The summed E-state index contributed by atoms with van der Waals surface area (Å²) in [5, 5.41) is 2.52. The van der Waals surface area contributed by atoms with Crippen molar-refractivity contribution in [3.8, 4) is 0 Å². The average Bonchev–Trinajstić information content (AvgIpc) is 2.59. The van der Waals surface area contributed by atoms with Crippen molar-refractivity contribution >= 4 is 29.9 Å². The van der Waals surface area contributed by atoms with Gasteiger partial charge in [0.15, 0.2) is 0 Å². The van der Waals surface area contributed by atoms with Gasteiger partial charge in [-0.3, -0.25) is 14.5 Å². The fraction of sp³-hybridized carbons (Fsp3) is 0.727. The molecule has 0 spiro atoms. The molecule has 6 heteroatoms. The highest BCUT2D eigenvalue weighted by atomic mass is 32.2. The van der Waals surface area contributed by atoms with Crippen molar-refractivity contribution < 1.29 is 14.4 Å². The van der Waals surface area contributed by atoms with Gasteiger partial charge in [-0.1, -0.05) is 6.92 Å². The van der Waals surface area contributed by atoms with Gasteiger partial charge in [0.25, 0.3) is 0 Å². The Bertz CT molecular complexity index is 309. The van der Waals surface area contributed by atoms with E-state index in [-0.39, 0.29) is 29.5 Å². The van der Waals surface area contributed by atoms with Crippen LogP contribution in [0.3, 0.4) is 0 Å². The van der Waals surface area contributed by atoms with Crippen molar-refractivity contribution in [1.29, 1.82) is 0 Å². The maximum Gasteiger partial charge on any atom is 0.242 e. The van der Waals surface area contributed by atoms with Gasteiger partial charge < -0.3 is 10.1 Å². The SMILES string of the molecule is CCCN1C(=O)CC(SCC(C=O)NC)C1=O. The molecular weight excluding hydrogens is 240 g/mol. The van der Waals surface area contributed by atoms with Crippen molar-refractivity contribution in [2.45, 2.75) is 31.1 Å². The molecule has 1 rings (SSSR count).